The lowest BCUT2D eigenvalue weighted by atomic mass is 9.99. The highest BCUT2D eigenvalue weighted by Gasteiger charge is 2.27. The molecule has 19 heavy (non-hydrogen) atoms. The molecule has 0 aliphatic carbocycles. The van der Waals surface area contributed by atoms with Crippen LogP contribution in [0.4, 0.5) is 0 Å². The van der Waals surface area contributed by atoms with Gasteiger partial charge in [-0.15, -0.1) is 0 Å². The molecule has 104 valence electrons. The molecule has 1 saturated heterocycles. The Morgan fingerprint density at radius 2 is 2.32 bits per heavy atom. The number of nitrogens with one attached hydrogen (secondary N) is 1. The molecule has 1 heterocycles. The molecular weight excluding hydrogens is 242 g/mol. The van der Waals surface area contributed by atoms with Crippen molar-refractivity contribution in [2.24, 2.45) is 5.92 Å². The van der Waals surface area contributed by atoms with E-state index in [1.165, 1.54) is 0 Å². The van der Waals surface area contributed by atoms with Gasteiger partial charge in [0, 0.05) is 30.2 Å². The van der Waals surface area contributed by atoms with Crippen LogP contribution in [0.25, 0.3) is 0 Å². The molecule has 1 aromatic rings. The second kappa shape index (κ2) is 6.06. The van der Waals surface area contributed by atoms with E-state index in [-0.39, 0.29) is 17.8 Å². The van der Waals surface area contributed by atoms with Crippen LogP contribution in [0.15, 0.2) is 18.2 Å². The summed E-state index contributed by atoms with van der Waals surface area (Å²) in [6.07, 6.45) is 2.23. The van der Waals surface area contributed by atoms with Crippen molar-refractivity contribution in [2.45, 2.75) is 32.8 Å². The van der Waals surface area contributed by atoms with Gasteiger partial charge in [-0.2, -0.15) is 0 Å². The largest absolute Gasteiger partial charge is 0.508 e. The van der Waals surface area contributed by atoms with E-state index in [1.807, 2.05) is 0 Å². The average Bonchev–Trinajstić information content (AvgIpc) is 2.86. The molecule has 1 aliphatic rings. The van der Waals surface area contributed by atoms with Crippen LogP contribution in [0.1, 0.15) is 35.7 Å². The summed E-state index contributed by atoms with van der Waals surface area (Å²) in [5, 5.41) is 12.6. The number of hydrogen-bond donors (Lipinski definition) is 2. The van der Waals surface area contributed by atoms with Crippen molar-refractivity contribution in [3.8, 4) is 5.75 Å². The summed E-state index contributed by atoms with van der Waals surface area (Å²) in [6, 6.07) is 5.00. The smallest absolute Gasteiger partial charge is 0.251 e. The first-order valence-corrected chi connectivity index (χ1v) is 6.81. The fourth-order valence-electron chi connectivity index (χ4n) is 2.57. The Morgan fingerprint density at radius 3 is 3.05 bits per heavy atom. The third-order valence-corrected chi connectivity index (χ3v) is 3.82. The van der Waals surface area contributed by atoms with Crippen LogP contribution in [-0.4, -0.2) is 30.3 Å². The molecule has 1 aromatic carbocycles. The van der Waals surface area contributed by atoms with Gasteiger partial charge in [0.05, 0.1) is 6.10 Å². The first-order valence-electron chi connectivity index (χ1n) is 6.81. The third kappa shape index (κ3) is 3.07. The zero-order chi connectivity index (χ0) is 13.8. The molecule has 2 N–H and O–H groups in total. The van der Waals surface area contributed by atoms with Crippen LogP contribution in [0.5, 0.6) is 5.75 Å². The molecule has 0 spiro atoms. The summed E-state index contributed by atoms with van der Waals surface area (Å²) >= 11 is 0. The maximum Gasteiger partial charge on any atom is 0.251 e. The Labute approximate surface area is 113 Å². The second-order valence-corrected chi connectivity index (χ2v) is 5.03. The van der Waals surface area contributed by atoms with Crippen LogP contribution in [0.2, 0.25) is 0 Å². The average molecular weight is 263 g/mol. The number of hydrogen-bond acceptors (Lipinski definition) is 3. The number of carbonyl (C=O) groups excluding carboxylic acids is 1. The Hall–Kier alpha value is -1.55. The SMILES string of the molecule is CCC1OCCC1CNC(=O)c1cccc(O)c1C. The molecule has 0 saturated carbocycles. The van der Waals surface area contributed by atoms with Crippen LogP contribution in [0.3, 0.4) is 0 Å². The van der Waals surface area contributed by atoms with Crippen molar-refractivity contribution in [3.05, 3.63) is 29.3 Å². The van der Waals surface area contributed by atoms with E-state index in [4.69, 9.17) is 4.74 Å². The van der Waals surface area contributed by atoms with Gasteiger partial charge in [0.15, 0.2) is 0 Å². The van der Waals surface area contributed by atoms with Gasteiger partial charge in [-0.25, -0.2) is 0 Å². The van der Waals surface area contributed by atoms with Crippen molar-refractivity contribution in [2.75, 3.05) is 13.2 Å². The summed E-state index contributed by atoms with van der Waals surface area (Å²) < 4.78 is 5.60. The van der Waals surface area contributed by atoms with Crippen molar-refractivity contribution < 1.29 is 14.6 Å². The number of phenolic OH excluding ortho intramolecular Hbond substituents is 1. The highest BCUT2D eigenvalue weighted by atomic mass is 16.5. The van der Waals surface area contributed by atoms with Crippen molar-refractivity contribution in [3.63, 3.8) is 0 Å². The summed E-state index contributed by atoms with van der Waals surface area (Å²) in [4.78, 5) is 12.1. The molecule has 1 amide bonds. The topological polar surface area (TPSA) is 58.6 Å². The number of aromatic hydroxyl groups is 1. The van der Waals surface area contributed by atoms with Crippen LogP contribution in [-0.2, 0) is 4.74 Å². The predicted molar refractivity (Wildman–Crippen MR) is 73.3 cm³/mol. The van der Waals surface area contributed by atoms with E-state index in [0.717, 1.165) is 19.4 Å². The van der Waals surface area contributed by atoms with Gasteiger partial charge in [0.2, 0.25) is 0 Å². The molecule has 2 unspecified atom stereocenters. The molecule has 4 nitrogen and oxygen atoms in total. The lowest BCUT2D eigenvalue weighted by Gasteiger charge is -2.17. The Bertz CT molecular complexity index is 459. The van der Waals surface area contributed by atoms with Gasteiger partial charge in [0.25, 0.3) is 5.91 Å². The minimum Gasteiger partial charge on any atom is -0.508 e. The molecule has 0 bridgehead atoms. The second-order valence-electron chi connectivity index (χ2n) is 5.03. The molecule has 4 heteroatoms. The van der Waals surface area contributed by atoms with Gasteiger partial charge in [-0.3, -0.25) is 4.79 Å². The van der Waals surface area contributed by atoms with Gasteiger partial charge >= 0.3 is 0 Å². The maximum atomic E-state index is 12.1. The predicted octanol–water partition coefficient (Wildman–Crippen LogP) is 2.25. The zero-order valence-corrected chi connectivity index (χ0v) is 11.5. The first-order chi connectivity index (χ1) is 9.13. The van der Waals surface area contributed by atoms with E-state index in [0.29, 0.717) is 23.6 Å². The minimum atomic E-state index is -0.129. The number of ether oxygens (including phenoxy) is 1. The van der Waals surface area contributed by atoms with Crippen molar-refractivity contribution in [1.29, 1.82) is 0 Å². The fraction of sp³-hybridized carbons (Fsp3) is 0.533. The van der Waals surface area contributed by atoms with Crippen LogP contribution >= 0.6 is 0 Å². The fourth-order valence-corrected chi connectivity index (χ4v) is 2.57. The quantitative estimate of drug-likeness (QED) is 0.876. The monoisotopic (exact) mass is 263 g/mol. The van der Waals surface area contributed by atoms with Gasteiger partial charge in [-0.05, 0) is 31.9 Å². The van der Waals surface area contributed by atoms with Crippen molar-refractivity contribution in [1.82, 2.24) is 5.32 Å². The van der Waals surface area contributed by atoms with Gasteiger partial charge in [-0.1, -0.05) is 13.0 Å². The van der Waals surface area contributed by atoms with E-state index in [1.54, 1.807) is 25.1 Å². The van der Waals surface area contributed by atoms with E-state index in [2.05, 4.69) is 12.2 Å². The van der Waals surface area contributed by atoms with Crippen molar-refractivity contribution >= 4 is 5.91 Å². The van der Waals surface area contributed by atoms with E-state index in [9.17, 15) is 9.90 Å². The third-order valence-electron chi connectivity index (χ3n) is 3.82. The number of carbonyl (C=O) groups is 1. The highest BCUT2D eigenvalue weighted by Crippen LogP contribution is 2.23. The lowest BCUT2D eigenvalue weighted by molar-refractivity contribution is 0.0826. The van der Waals surface area contributed by atoms with E-state index < -0.39 is 0 Å². The standard InChI is InChI=1S/C15H21NO3/c1-3-14-11(7-8-19-14)9-16-15(18)12-5-4-6-13(17)10(12)2/h4-6,11,14,17H,3,7-9H2,1-2H3,(H,16,18). The molecule has 1 fully saturated rings. The summed E-state index contributed by atoms with van der Waals surface area (Å²) in [5.74, 6) is 0.421. The number of benzene rings is 1. The molecule has 0 aromatic heterocycles. The summed E-state index contributed by atoms with van der Waals surface area (Å²) in [6.45, 7) is 5.26. The first kappa shape index (κ1) is 13.9. The van der Waals surface area contributed by atoms with Gasteiger partial charge in [0.1, 0.15) is 5.75 Å². The lowest BCUT2D eigenvalue weighted by Crippen LogP contribution is -2.33. The highest BCUT2D eigenvalue weighted by molar-refractivity contribution is 5.96. The molecule has 2 atom stereocenters. The molecule has 0 radical (unpaired) electrons. The Kier molecular flexibility index (Phi) is 4.43. The van der Waals surface area contributed by atoms with Crippen LogP contribution < -0.4 is 5.32 Å². The maximum absolute atomic E-state index is 12.1. The zero-order valence-electron chi connectivity index (χ0n) is 11.5. The Balaban J connectivity index is 1.96. The Morgan fingerprint density at radius 1 is 1.53 bits per heavy atom. The molecule has 1 aliphatic heterocycles. The number of amides is 1. The van der Waals surface area contributed by atoms with Crippen LogP contribution in [0, 0.1) is 12.8 Å². The molecular formula is C15H21NO3. The van der Waals surface area contributed by atoms with E-state index >= 15 is 0 Å². The summed E-state index contributed by atoms with van der Waals surface area (Å²) in [5.41, 5.74) is 1.15. The number of phenols is 1. The summed E-state index contributed by atoms with van der Waals surface area (Å²) in [7, 11) is 0. The van der Waals surface area contributed by atoms with Gasteiger partial charge < -0.3 is 15.2 Å². The molecule has 2 rings (SSSR count). The normalized spacial score (nSPS) is 22.4. The minimum absolute atomic E-state index is 0.129. The number of rotatable bonds is 4.